The molecule has 2 rings (SSSR count). The largest absolute Gasteiger partial charge is 0.478 e. The number of nitrogens with zero attached hydrogens (tertiary/aromatic N) is 3. The molecule has 0 saturated carbocycles. The molecule has 0 aliphatic heterocycles. The summed E-state index contributed by atoms with van der Waals surface area (Å²) in [6.07, 6.45) is 2.60. The van der Waals surface area contributed by atoms with E-state index in [0.717, 1.165) is 6.07 Å². The van der Waals surface area contributed by atoms with Crippen LogP contribution in [-0.2, 0) is 0 Å². The molecule has 0 saturated heterocycles. The van der Waals surface area contributed by atoms with Gasteiger partial charge < -0.3 is 10.2 Å². The number of benzene rings is 1. The van der Waals surface area contributed by atoms with Crippen LogP contribution in [-0.4, -0.2) is 36.9 Å². The molecule has 1 heterocycles. The lowest BCUT2D eigenvalue weighted by atomic mass is 10.1. The third kappa shape index (κ3) is 1.98. The van der Waals surface area contributed by atoms with Crippen LogP contribution in [0.4, 0.5) is 0 Å². The smallest absolute Gasteiger partial charge is 0.337 e. The van der Waals surface area contributed by atoms with Gasteiger partial charge >= 0.3 is 11.9 Å². The van der Waals surface area contributed by atoms with Gasteiger partial charge in [-0.2, -0.15) is 5.10 Å². The maximum absolute atomic E-state index is 11.0. The Kier molecular flexibility index (Phi) is 2.57. The van der Waals surface area contributed by atoms with Gasteiger partial charge in [0.05, 0.1) is 16.8 Å². The van der Waals surface area contributed by atoms with E-state index in [0.29, 0.717) is 0 Å². The second-order valence-corrected chi connectivity index (χ2v) is 3.18. The van der Waals surface area contributed by atoms with Crippen LogP contribution in [0.25, 0.3) is 5.69 Å². The van der Waals surface area contributed by atoms with Gasteiger partial charge in [0.1, 0.15) is 12.7 Å². The lowest BCUT2D eigenvalue weighted by Crippen LogP contribution is -2.08. The number of hydrogen-bond acceptors (Lipinski definition) is 4. The second kappa shape index (κ2) is 4.05. The topological polar surface area (TPSA) is 105 Å². The molecular formula is C10H7N3O4. The molecule has 7 heteroatoms. The van der Waals surface area contributed by atoms with Gasteiger partial charge in [0.25, 0.3) is 0 Å². The normalized spacial score (nSPS) is 10.1. The number of aromatic nitrogens is 3. The SMILES string of the molecule is O=C(O)c1ccc(-n2cncn2)c(C(=O)O)c1. The summed E-state index contributed by atoms with van der Waals surface area (Å²) in [5.41, 5.74) is 0.0293. The molecule has 0 atom stereocenters. The van der Waals surface area contributed by atoms with Crippen molar-refractivity contribution in [1.82, 2.24) is 14.8 Å². The molecule has 0 spiro atoms. The quantitative estimate of drug-likeness (QED) is 0.806. The van der Waals surface area contributed by atoms with E-state index in [2.05, 4.69) is 10.1 Å². The Morgan fingerprint density at radius 3 is 2.47 bits per heavy atom. The molecule has 0 aliphatic carbocycles. The van der Waals surface area contributed by atoms with Crippen LogP contribution in [0.15, 0.2) is 30.9 Å². The first kappa shape index (κ1) is 10.8. The van der Waals surface area contributed by atoms with Gasteiger partial charge in [-0.05, 0) is 18.2 Å². The standard InChI is InChI=1S/C10H7N3O4/c14-9(15)6-1-2-8(7(3-6)10(16)17)13-5-11-4-12-13/h1-5H,(H,14,15)(H,16,17). The molecule has 0 fully saturated rings. The zero-order valence-corrected chi connectivity index (χ0v) is 8.44. The van der Waals surface area contributed by atoms with E-state index in [1.807, 2.05) is 0 Å². The Morgan fingerprint density at radius 2 is 1.94 bits per heavy atom. The fraction of sp³-hybridized carbons (Fsp3) is 0. The Bertz CT molecular complexity index is 577. The highest BCUT2D eigenvalue weighted by atomic mass is 16.4. The summed E-state index contributed by atoms with van der Waals surface area (Å²) in [4.78, 5) is 25.5. The molecule has 0 unspecified atom stereocenters. The Balaban J connectivity index is 2.61. The predicted molar refractivity (Wildman–Crippen MR) is 55.3 cm³/mol. The summed E-state index contributed by atoms with van der Waals surface area (Å²) in [7, 11) is 0. The predicted octanol–water partition coefficient (Wildman–Crippen LogP) is 0.664. The second-order valence-electron chi connectivity index (χ2n) is 3.18. The van der Waals surface area contributed by atoms with Gasteiger partial charge in [-0.1, -0.05) is 0 Å². The zero-order valence-electron chi connectivity index (χ0n) is 8.44. The monoisotopic (exact) mass is 233 g/mol. The van der Waals surface area contributed by atoms with Crippen LogP contribution in [0.3, 0.4) is 0 Å². The van der Waals surface area contributed by atoms with Crippen molar-refractivity contribution in [3.05, 3.63) is 42.0 Å². The van der Waals surface area contributed by atoms with Gasteiger partial charge in [-0.15, -0.1) is 0 Å². The van der Waals surface area contributed by atoms with Crippen molar-refractivity contribution < 1.29 is 19.8 Å². The van der Waals surface area contributed by atoms with E-state index in [1.165, 1.54) is 29.5 Å². The van der Waals surface area contributed by atoms with Crippen LogP contribution in [0.2, 0.25) is 0 Å². The lowest BCUT2D eigenvalue weighted by molar-refractivity contribution is 0.0695. The van der Waals surface area contributed by atoms with E-state index in [9.17, 15) is 9.59 Å². The van der Waals surface area contributed by atoms with E-state index >= 15 is 0 Å². The van der Waals surface area contributed by atoms with Crippen LogP contribution >= 0.6 is 0 Å². The van der Waals surface area contributed by atoms with Crippen molar-refractivity contribution in [2.75, 3.05) is 0 Å². The molecule has 1 aromatic carbocycles. The van der Waals surface area contributed by atoms with Crippen molar-refractivity contribution in [1.29, 1.82) is 0 Å². The van der Waals surface area contributed by atoms with E-state index in [1.54, 1.807) is 0 Å². The number of hydrogen-bond donors (Lipinski definition) is 2. The Morgan fingerprint density at radius 1 is 1.18 bits per heavy atom. The van der Waals surface area contributed by atoms with Gasteiger partial charge in [-0.3, -0.25) is 0 Å². The van der Waals surface area contributed by atoms with E-state index < -0.39 is 11.9 Å². The minimum absolute atomic E-state index is 0.0914. The maximum Gasteiger partial charge on any atom is 0.337 e. The lowest BCUT2D eigenvalue weighted by Gasteiger charge is -2.06. The minimum atomic E-state index is -1.22. The van der Waals surface area contributed by atoms with Crippen LogP contribution < -0.4 is 0 Å². The molecule has 0 amide bonds. The summed E-state index contributed by atoms with van der Waals surface area (Å²) < 4.78 is 1.26. The fourth-order valence-electron chi connectivity index (χ4n) is 1.37. The van der Waals surface area contributed by atoms with Crippen molar-refractivity contribution in [2.24, 2.45) is 0 Å². The highest BCUT2D eigenvalue weighted by Gasteiger charge is 2.15. The summed E-state index contributed by atoms with van der Waals surface area (Å²) >= 11 is 0. The number of aromatic carboxylic acids is 2. The Hall–Kier alpha value is -2.70. The van der Waals surface area contributed by atoms with E-state index in [-0.39, 0.29) is 16.8 Å². The first-order valence-corrected chi connectivity index (χ1v) is 4.55. The number of carboxylic acid groups (broad SMARTS) is 2. The molecule has 0 aliphatic rings. The molecule has 17 heavy (non-hydrogen) atoms. The van der Waals surface area contributed by atoms with Gasteiger partial charge in [0, 0.05) is 0 Å². The molecule has 7 nitrogen and oxygen atoms in total. The highest BCUT2D eigenvalue weighted by Crippen LogP contribution is 2.16. The maximum atomic E-state index is 11.0. The first-order valence-electron chi connectivity index (χ1n) is 4.55. The number of rotatable bonds is 3. The number of carbonyl (C=O) groups is 2. The molecule has 86 valence electrons. The van der Waals surface area contributed by atoms with Crippen LogP contribution in [0.5, 0.6) is 0 Å². The average Bonchev–Trinajstić information content (AvgIpc) is 2.81. The van der Waals surface area contributed by atoms with Crippen molar-refractivity contribution in [3.8, 4) is 5.69 Å². The van der Waals surface area contributed by atoms with E-state index in [4.69, 9.17) is 10.2 Å². The molecular weight excluding hydrogens is 226 g/mol. The summed E-state index contributed by atoms with van der Waals surface area (Å²) in [5.74, 6) is -2.41. The van der Waals surface area contributed by atoms with Gasteiger partial charge in [-0.25, -0.2) is 19.3 Å². The molecule has 2 N–H and O–H groups in total. The third-order valence-corrected chi connectivity index (χ3v) is 2.14. The molecule has 1 aromatic heterocycles. The zero-order chi connectivity index (χ0) is 12.4. The molecule has 0 radical (unpaired) electrons. The fourth-order valence-corrected chi connectivity index (χ4v) is 1.37. The minimum Gasteiger partial charge on any atom is -0.478 e. The van der Waals surface area contributed by atoms with Crippen molar-refractivity contribution >= 4 is 11.9 Å². The molecule has 2 aromatic rings. The van der Waals surface area contributed by atoms with Crippen molar-refractivity contribution in [3.63, 3.8) is 0 Å². The van der Waals surface area contributed by atoms with Gasteiger partial charge in [0.2, 0.25) is 0 Å². The van der Waals surface area contributed by atoms with Crippen LogP contribution in [0, 0.1) is 0 Å². The van der Waals surface area contributed by atoms with Gasteiger partial charge in [0.15, 0.2) is 0 Å². The summed E-state index contributed by atoms with van der Waals surface area (Å²) in [5, 5.41) is 21.6. The Labute approximate surface area is 95.0 Å². The average molecular weight is 233 g/mol. The number of carboxylic acids is 2. The molecule has 0 bridgehead atoms. The summed E-state index contributed by atoms with van der Waals surface area (Å²) in [6.45, 7) is 0. The summed E-state index contributed by atoms with van der Waals surface area (Å²) in [6, 6.07) is 3.77. The third-order valence-electron chi connectivity index (χ3n) is 2.14. The van der Waals surface area contributed by atoms with Crippen molar-refractivity contribution in [2.45, 2.75) is 0 Å². The van der Waals surface area contributed by atoms with Crippen LogP contribution in [0.1, 0.15) is 20.7 Å². The first-order chi connectivity index (χ1) is 8.09. The highest BCUT2D eigenvalue weighted by molar-refractivity contribution is 5.96.